The minimum atomic E-state index is -0.405. The van der Waals surface area contributed by atoms with Crippen molar-refractivity contribution in [3.05, 3.63) is 33.9 Å². The second kappa shape index (κ2) is 7.92. The summed E-state index contributed by atoms with van der Waals surface area (Å²) < 4.78 is 5.15. The number of nitro groups is 1. The number of aliphatic hydroxyl groups excluding tert-OH is 1. The normalized spacial score (nSPS) is 13.7. The van der Waals surface area contributed by atoms with Crippen molar-refractivity contribution in [2.75, 3.05) is 32.7 Å². The highest BCUT2D eigenvalue weighted by Gasteiger charge is 2.23. The van der Waals surface area contributed by atoms with Crippen LogP contribution in [0, 0.1) is 10.1 Å². The zero-order valence-corrected chi connectivity index (χ0v) is 12.7. The van der Waals surface area contributed by atoms with E-state index in [1.165, 1.54) is 0 Å². The lowest BCUT2D eigenvalue weighted by molar-refractivity contribution is -0.384. The van der Waals surface area contributed by atoms with Crippen molar-refractivity contribution in [1.29, 1.82) is 0 Å². The first kappa shape index (κ1) is 17.4. The fourth-order valence-corrected chi connectivity index (χ4v) is 2.14. The number of ether oxygens (including phenoxy) is 1. The Balaban J connectivity index is 2.83. The molecule has 0 aliphatic rings. The maximum atomic E-state index is 11.0. The summed E-state index contributed by atoms with van der Waals surface area (Å²) in [6.45, 7) is 2.91. The second-order valence-corrected chi connectivity index (χ2v) is 5.18. The maximum absolute atomic E-state index is 11.0. The van der Waals surface area contributed by atoms with Gasteiger partial charge in [0, 0.05) is 38.9 Å². The SMILES string of the molecule is CNc1ccc(CNC(C)(CCO)COC)cc1[N+](=O)[O-]. The smallest absolute Gasteiger partial charge is 0.292 e. The van der Waals surface area contributed by atoms with E-state index in [2.05, 4.69) is 10.6 Å². The van der Waals surface area contributed by atoms with E-state index in [9.17, 15) is 10.1 Å². The predicted octanol–water partition coefficient (Wildman–Crippen LogP) is 1.51. The van der Waals surface area contributed by atoms with Crippen LogP contribution in [0.5, 0.6) is 0 Å². The van der Waals surface area contributed by atoms with E-state index in [1.54, 1.807) is 26.3 Å². The molecule has 0 bridgehead atoms. The zero-order chi connectivity index (χ0) is 15.9. The molecule has 0 saturated heterocycles. The molecule has 7 heteroatoms. The van der Waals surface area contributed by atoms with E-state index in [1.807, 2.05) is 13.0 Å². The van der Waals surface area contributed by atoms with E-state index in [0.29, 0.717) is 25.3 Å². The van der Waals surface area contributed by atoms with Crippen LogP contribution in [-0.4, -0.2) is 42.9 Å². The zero-order valence-electron chi connectivity index (χ0n) is 12.7. The monoisotopic (exact) mass is 297 g/mol. The Labute approximate surface area is 124 Å². The van der Waals surface area contributed by atoms with Crippen molar-refractivity contribution in [2.24, 2.45) is 0 Å². The van der Waals surface area contributed by atoms with Crippen LogP contribution in [0.15, 0.2) is 18.2 Å². The number of hydrogen-bond acceptors (Lipinski definition) is 6. The number of rotatable bonds is 9. The molecule has 0 amide bonds. The fraction of sp³-hybridized carbons (Fsp3) is 0.571. The molecule has 1 unspecified atom stereocenters. The van der Waals surface area contributed by atoms with Crippen molar-refractivity contribution in [3.63, 3.8) is 0 Å². The van der Waals surface area contributed by atoms with Crippen molar-refractivity contribution in [2.45, 2.75) is 25.4 Å². The molecule has 0 radical (unpaired) electrons. The van der Waals surface area contributed by atoms with Crippen LogP contribution < -0.4 is 10.6 Å². The van der Waals surface area contributed by atoms with Crippen molar-refractivity contribution < 1.29 is 14.8 Å². The third kappa shape index (κ3) is 4.96. The van der Waals surface area contributed by atoms with Crippen LogP contribution in [0.2, 0.25) is 0 Å². The molecule has 0 saturated carbocycles. The van der Waals surface area contributed by atoms with Crippen LogP contribution in [-0.2, 0) is 11.3 Å². The van der Waals surface area contributed by atoms with Gasteiger partial charge in [0.25, 0.3) is 5.69 Å². The molecule has 1 atom stereocenters. The molecule has 1 aromatic carbocycles. The summed E-state index contributed by atoms with van der Waals surface area (Å²) in [7, 11) is 3.25. The van der Waals surface area contributed by atoms with Crippen LogP contribution >= 0.6 is 0 Å². The fourth-order valence-electron chi connectivity index (χ4n) is 2.14. The first-order valence-corrected chi connectivity index (χ1v) is 6.75. The Morgan fingerprint density at radius 2 is 2.19 bits per heavy atom. The van der Waals surface area contributed by atoms with E-state index >= 15 is 0 Å². The lowest BCUT2D eigenvalue weighted by Crippen LogP contribution is -2.46. The van der Waals surface area contributed by atoms with E-state index < -0.39 is 4.92 Å². The number of methoxy groups -OCH3 is 1. The number of hydrogen-bond donors (Lipinski definition) is 3. The lowest BCUT2D eigenvalue weighted by atomic mass is 9.99. The molecule has 0 aromatic heterocycles. The maximum Gasteiger partial charge on any atom is 0.292 e. The molecular weight excluding hydrogens is 274 g/mol. The number of nitrogens with zero attached hydrogens (tertiary/aromatic N) is 1. The molecule has 0 aliphatic heterocycles. The Morgan fingerprint density at radius 3 is 2.71 bits per heavy atom. The van der Waals surface area contributed by atoms with Gasteiger partial charge in [-0.25, -0.2) is 0 Å². The standard InChI is InChI=1S/C14H23N3O4/c1-14(6-7-18,10-21-3)16-9-11-4-5-12(15-2)13(8-11)17(19)20/h4-5,8,15-16,18H,6-7,9-10H2,1-3H3. The molecule has 21 heavy (non-hydrogen) atoms. The van der Waals surface area contributed by atoms with Gasteiger partial charge in [0.2, 0.25) is 0 Å². The first-order valence-electron chi connectivity index (χ1n) is 6.75. The summed E-state index contributed by atoms with van der Waals surface area (Å²) in [5, 5.41) is 26.2. The average Bonchev–Trinajstić information content (AvgIpc) is 2.45. The minimum Gasteiger partial charge on any atom is -0.396 e. The molecule has 0 aliphatic carbocycles. The van der Waals surface area contributed by atoms with E-state index in [-0.39, 0.29) is 17.8 Å². The number of nitro benzene ring substituents is 1. The van der Waals surface area contributed by atoms with Gasteiger partial charge in [0.1, 0.15) is 5.69 Å². The van der Waals surface area contributed by atoms with Gasteiger partial charge in [-0.15, -0.1) is 0 Å². The van der Waals surface area contributed by atoms with Crippen molar-refractivity contribution >= 4 is 11.4 Å². The number of aliphatic hydroxyl groups is 1. The van der Waals surface area contributed by atoms with Gasteiger partial charge in [-0.2, -0.15) is 0 Å². The van der Waals surface area contributed by atoms with Gasteiger partial charge >= 0.3 is 0 Å². The molecule has 118 valence electrons. The van der Waals surface area contributed by atoms with Gasteiger partial charge in [0.15, 0.2) is 0 Å². The van der Waals surface area contributed by atoms with Gasteiger partial charge < -0.3 is 20.5 Å². The van der Waals surface area contributed by atoms with Crippen LogP contribution in [0.25, 0.3) is 0 Å². The summed E-state index contributed by atoms with van der Waals surface area (Å²) in [6.07, 6.45) is 0.539. The van der Waals surface area contributed by atoms with E-state index in [0.717, 1.165) is 5.56 Å². The highest BCUT2D eigenvalue weighted by molar-refractivity contribution is 5.62. The topological polar surface area (TPSA) is 96.7 Å². The Kier molecular flexibility index (Phi) is 6.54. The predicted molar refractivity (Wildman–Crippen MR) is 81.5 cm³/mol. The highest BCUT2D eigenvalue weighted by atomic mass is 16.6. The number of benzene rings is 1. The summed E-state index contributed by atoms with van der Waals surface area (Å²) in [6, 6.07) is 5.07. The third-order valence-electron chi connectivity index (χ3n) is 3.37. The van der Waals surface area contributed by atoms with E-state index in [4.69, 9.17) is 9.84 Å². The largest absolute Gasteiger partial charge is 0.396 e. The molecule has 0 fully saturated rings. The molecule has 0 heterocycles. The summed E-state index contributed by atoms with van der Waals surface area (Å²) in [5.74, 6) is 0. The Morgan fingerprint density at radius 1 is 1.48 bits per heavy atom. The molecule has 0 spiro atoms. The molecule has 1 aromatic rings. The molecular formula is C14H23N3O4. The van der Waals surface area contributed by atoms with Gasteiger partial charge in [0.05, 0.1) is 11.5 Å². The lowest BCUT2D eigenvalue weighted by Gasteiger charge is -2.29. The average molecular weight is 297 g/mol. The Bertz CT molecular complexity index is 473. The van der Waals surface area contributed by atoms with Gasteiger partial charge in [-0.3, -0.25) is 10.1 Å². The Hall–Kier alpha value is -1.70. The third-order valence-corrected chi connectivity index (χ3v) is 3.37. The van der Waals surface area contributed by atoms with Crippen LogP contribution in [0.3, 0.4) is 0 Å². The summed E-state index contributed by atoms with van der Waals surface area (Å²) in [5.41, 5.74) is 0.965. The van der Waals surface area contributed by atoms with Gasteiger partial charge in [-0.05, 0) is 25.0 Å². The van der Waals surface area contributed by atoms with Crippen LogP contribution in [0.1, 0.15) is 18.9 Å². The highest BCUT2D eigenvalue weighted by Crippen LogP contribution is 2.25. The second-order valence-electron chi connectivity index (χ2n) is 5.18. The summed E-state index contributed by atoms with van der Waals surface area (Å²) >= 11 is 0. The number of nitrogens with one attached hydrogen (secondary N) is 2. The first-order chi connectivity index (χ1) is 9.95. The summed E-state index contributed by atoms with van der Waals surface area (Å²) in [4.78, 5) is 10.6. The minimum absolute atomic E-state index is 0.0473. The number of anilines is 1. The molecule has 1 rings (SSSR count). The van der Waals surface area contributed by atoms with Crippen molar-refractivity contribution in [3.8, 4) is 0 Å². The quantitative estimate of drug-likeness (QED) is 0.472. The molecule has 7 nitrogen and oxygen atoms in total. The van der Waals surface area contributed by atoms with Gasteiger partial charge in [-0.1, -0.05) is 6.07 Å². The van der Waals surface area contributed by atoms with Crippen LogP contribution in [0.4, 0.5) is 11.4 Å². The van der Waals surface area contributed by atoms with Crippen molar-refractivity contribution in [1.82, 2.24) is 5.32 Å². The molecule has 3 N–H and O–H groups in total.